The highest BCUT2D eigenvalue weighted by Crippen LogP contribution is 2.31. The standard InChI is InChI=1S/C32H38N2O8.C20H14Cl2O4.2CH4/c1-17(2)27(31(39)41-5)33-15-21(35)11-19-7-9-23-25(13-19)30(38)26-14-20(8-10-24(26)29(23)37)12-22(36)16-34-28(18(3)4)32(40)42-6;21-9-13(23)5-11-1-3-15-17(7-11)20(26)18-8-12(6-14(24)10-22)2-4-16(18)19(15)25;;/h7-10,13-14,17-18,27-28,33-34H,11-12,15-16H2,1-6H3;1-4,7-8H,5-6,9-10H2;2*1H4/t27-,28+;;;. The summed E-state index contributed by atoms with van der Waals surface area (Å²) in [5, 5.41) is 5.86. The molecule has 4 aromatic rings. The Hall–Kier alpha value is -6.32. The van der Waals surface area contributed by atoms with E-state index in [1.807, 2.05) is 27.7 Å². The first-order valence-electron chi connectivity index (χ1n) is 21.8. The van der Waals surface area contributed by atoms with Crippen LogP contribution in [-0.2, 0) is 63.9 Å². The maximum atomic E-state index is 13.5. The van der Waals surface area contributed by atoms with Gasteiger partial charge in [-0.1, -0.05) is 91.1 Å². The van der Waals surface area contributed by atoms with Crippen molar-refractivity contribution in [3.05, 3.63) is 140 Å². The Kier molecular flexibility index (Phi) is 21.6. The Morgan fingerprint density at radius 3 is 0.900 bits per heavy atom. The third kappa shape index (κ3) is 13.9. The molecule has 0 saturated carbocycles. The second-order valence-corrected chi connectivity index (χ2v) is 17.8. The molecule has 2 N–H and O–H groups in total. The van der Waals surface area contributed by atoms with Crippen LogP contribution in [0.15, 0.2) is 72.8 Å². The Morgan fingerprint density at radius 1 is 0.429 bits per heavy atom. The maximum Gasteiger partial charge on any atom is 0.323 e. The average molecular weight is 1000 g/mol. The number of halogens is 2. The minimum Gasteiger partial charge on any atom is -0.468 e. The summed E-state index contributed by atoms with van der Waals surface area (Å²) in [5.41, 5.74) is 4.45. The molecule has 2 aliphatic carbocycles. The number of carbonyl (C=O) groups is 10. The predicted molar refractivity (Wildman–Crippen MR) is 267 cm³/mol. The first-order valence-corrected chi connectivity index (χ1v) is 22.9. The molecule has 4 aromatic carbocycles. The number of nitrogens with one attached hydrogen (secondary N) is 2. The highest BCUT2D eigenvalue weighted by molar-refractivity contribution is 6.30. The Labute approximate surface area is 418 Å². The number of alkyl halides is 2. The number of rotatable bonds is 20. The molecule has 70 heavy (non-hydrogen) atoms. The number of ketones is 8. The van der Waals surface area contributed by atoms with Gasteiger partial charge in [-0.3, -0.25) is 58.6 Å². The van der Waals surface area contributed by atoms with Crippen molar-refractivity contribution in [1.82, 2.24) is 10.6 Å². The van der Waals surface area contributed by atoms with Crippen LogP contribution in [0.25, 0.3) is 0 Å². The lowest BCUT2D eigenvalue weighted by Crippen LogP contribution is -2.44. The molecule has 0 aromatic heterocycles. The van der Waals surface area contributed by atoms with E-state index in [1.54, 1.807) is 72.8 Å². The molecule has 6 rings (SSSR count). The molecule has 372 valence electrons. The van der Waals surface area contributed by atoms with Crippen molar-refractivity contribution in [1.29, 1.82) is 0 Å². The van der Waals surface area contributed by atoms with Gasteiger partial charge in [0.2, 0.25) is 0 Å². The zero-order chi connectivity index (χ0) is 50.0. The molecule has 0 bridgehead atoms. The van der Waals surface area contributed by atoms with Gasteiger partial charge in [0.25, 0.3) is 0 Å². The summed E-state index contributed by atoms with van der Waals surface area (Å²) < 4.78 is 9.58. The number of esters is 2. The van der Waals surface area contributed by atoms with Gasteiger partial charge >= 0.3 is 11.9 Å². The van der Waals surface area contributed by atoms with Crippen LogP contribution >= 0.6 is 23.2 Å². The molecule has 0 amide bonds. The van der Waals surface area contributed by atoms with E-state index in [4.69, 9.17) is 32.7 Å². The van der Waals surface area contributed by atoms with E-state index >= 15 is 0 Å². The zero-order valence-electron chi connectivity index (χ0n) is 38.5. The smallest absolute Gasteiger partial charge is 0.323 e. The van der Waals surface area contributed by atoms with Gasteiger partial charge < -0.3 is 9.47 Å². The van der Waals surface area contributed by atoms with E-state index in [-0.39, 0.29) is 157 Å². The topological polar surface area (TPSA) is 213 Å². The highest BCUT2D eigenvalue weighted by Gasteiger charge is 2.32. The highest BCUT2D eigenvalue weighted by atomic mass is 35.5. The van der Waals surface area contributed by atoms with E-state index in [0.29, 0.717) is 33.4 Å². The first kappa shape index (κ1) is 58.0. The lowest BCUT2D eigenvalue weighted by Gasteiger charge is -2.20. The average Bonchev–Trinajstić information content (AvgIpc) is 3.32. The fourth-order valence-electron chi connectivity index (χ4n) is 7.94. The zero-order valence-corrected chi connectivity index (χ0v) is 40.1. The fourth-order valence-corrected chi connectivity index (χ4v) is 8.13. The van der Waals surface area contributed by atoms with Gasteiger partial charge in [-0.15, -0.1) is 23.2 Å². The summed E-state index contributed by atoms with van der Waals surface area (Å²) in [4.78, 5) is 125. The SMILES string of the molecule is C.C.COC(=O)[C@@H](NCC(=O)Cc1ccc2c(c1)C(=O)c1cc(CC(=O)CN[C@@H](C(=O)OC)C(C)C)ccc1C2=O)C(C)C.O=C(CCl)Cc1ccc2c(c1)C(=O)c1cc(CC(=O)CCl)ccc1C2=O. The Bertz CT molecular complexity index is 2530. The van der Waals surface area contributed by atoms with Gasteiger partial charge in [0, 0.05) is 70.2 Å². The van der Waals surface area contributed by atoms with E-state index in [2.05, 4.69) is 10.6 Å². The van der Waals surface area contributed by atoms with Crippen molar-refractivity contribution >= 4 is 81.4 Å². The fraction of sp³-hybridized carbons (Fsp3) is 0.370. The van der Waals surface area contributed by atoms with Crippen LogP contribution in [0.3, 0.4) is 0 Å². The molecule has 2 aliphatic rings. The number of Topliss-reactive ketones (excluding diaryl/α,β-unsaturated/α-hetero) is 4. The van der Waals surface area contributed by atoms with E-state index in [9.17, 15) is 47.9 Å². The molecule has 0 spiro atoms. The Morgan fingerprint density at radius 2 is 0.671 bits per heavy atom. The summed E-state index contributed by atoms with van der Waals surface area (Å²) in [6.45, 7) is 7.25. The van der Waals surface area contributed by atoms with Crippen LogP contribution in [0, 0.1) is 11.8 Å². The first-order chi connectivity index (χ1) is 32.3. The number of ether oxygens (including phenoxy) is 2. The van der Waals surface area contributed by atoms with Crippen molar-refractivity contribution in [3.8, 4) is 0 Å². The summed E-state index contributed by atoms with van der Waals surface area (Å²) >= 11 is 11.1. The number of methoxy groups -OCH3 is 2. The van der Waals surface area contributed by atoms with Gasteiger partial charge in [-0.25, -0.2) is 0 Å². The van der Waals surface area contributed by atoms with Crippen molar-refractivity contribution in [2.45, 2.75) is 80.3 Å². The molecule has 0 heterocycles. The van der Waals surface area contributed by atoms with Crippen LogP contribution in [-0.4, -0.2) is 109 Å². The monoisotopic (exact) mass is 998 g/mol. The predicted octanol–water partition coefficient (Wildman–Crippen LogP) is 6.69. The molecular formula is C54H60Cl2N2O12. The van der Waals surface area contributed by atoms with Crippen LogP contribution in [0.5, 0.6) is 0 Å². The largest absolute Gasteiger partial charge is 0.468 e. The summed E-state index contributed by atoms with van der Waals surface area (Å²) in [5.74, 6) is -3.21. The van der Waals surface area contributed by atoms with Gasteiger partial charge in [-0.2, -0.15) is 0 Å². The second kappa shape index (κ2) is 26.0. The number of hydrogen-bond acceptors (Lipinski definition) is 14. The second-order valence-electron chi connectivity index (χ2n) is 17.2. The maximum absolute atomic E-state index is 13.5. The lowest BCUT2D eigenvalue weighted by atomic mass is 9.82. The number of hydrogen-bond donors (Lipinski definition) is 2. The van der Waals surface area contributed by atoms with Crippen molar-refractivity contribution < 1.29 is 57.4 Å². The van der Waals surface area contributed by atoms with Crippen LogP contribution in [0.1, 0.15) is 128 Å². The minimum atomic E-state index is -0.625. The van der Waals surface area contributed by atoms with Crippen molar-refractivity contribution in [3.63, 3.8) is 0 Å². The van der Waals surface area contributed by atoms with Crippen LogP contribution in [0.4, 0.5) is 0 Å². The molecule has 0 aliphatic heterocycles. The number of benzene rings is 4. The molecule has 16 heteroatoms. The third-order valence-electron chi connectivity index (χ3n) is 11.5. The summed E-state index contributed by atoms with van der Waals surface area (Å²) in [6.07, 6.45) is 0.223. The normalized spacial score (nSPS) is 12.9. The summed E-state index contributed by atoms with van der Waals surface area (Å²) in [7, 11) is 2.58. The molecule has 0 unspecified atom stereocenters. The van der Waals surface area contributed by atoms with Crippen molar-refractivity contribution in [2.75, 3.05) is 39.1 Å². The third-order valence-corrected chi connectivity index (χ3v) is 12.1. The molecule has 14 nitrogen and oxygen atoms in total. The quantitative estimate of drug-likeness (QED) is 0.0603. The van der Waals surface area contributed by atoms with Crippen molar-refractivity contribution in [2.24, 2.45) is 11.8 Å². The van der Waals surface area contributed by atoms with Crippen LogP contribution in [0.2, 0.25) is 0 Å². The Balaban J connectivity index is 0.000000397. The van der Waals surface area contributed by atoms with Gasteiger partial charge in [0.1, 0.15) is 12.1 Å². The molecule has 0 saturated heterocycles. The van der Waals surface area contributed by atoms with Gasteiger partial charge in [-0.05, 0) is 58.4 Å². The molecule has 2 atom stereocenters. The lowest BCUT2D eigenvalue weighted by molar-refractivity contribution is -0.145. The van der Waals surface area contributed by atoms with Gasteiger partial charge in [0.05, 0.1) is 39.1 Å². The van der Waals surface area contributed by atoms with E-state index in [1.165, 1.54) is 14.2 Å². The number of fused-ring (bicyclic) bond motifs is 4. The van der Waals surface area contributed by atoms with E-state index in [0.717, 1.165) is 0 Å². The molecule has 0 fully saturated rings. The molecular weight excluding hydrogens is 940 g/mol. The molecule has 0 radical (unpaired) electrons. The van der Waals surface area contributed by atoms with E-state index < -0.39 is 24.0 Å². The summed E-state index contributed by atoms with van der Waals surface area (Å²) in [6, 6.07) is 17.8. The van der Waals surface area contributed by atoms with Gasteiger partial charge in [0.15, 0.2) is 46.3 Å². The number of carbonyl (C=O) groups excluding carboxylic acids is 10. The van der Waals surface area contributed by atoms with Crippen LogP contribution < -0.4 is 10.6 Å². The minimum absolute atomic E-state index is 0.